The number of amides is 1. The Morgan fingerprint density at radius 1 is 1.53 bits per heavy atom. The Balaban J connectivity index is 1.76. The molecule has 0 saturated carbocycles. The molecule has 1 aromatic rings. The summed E-state index contributed by atoms with van der Waals surface area (Å²) in [6.07, 6.45) is 2.27. The summed E-state index contributed by atoms with van der Waals surface area (Å²) in [7, 11) is 2.12. The van der Waals surface area contributed by atoms with Crippen LogP contribution in [0.1, 0.15) is 22.6 Å². The van der Waals surface area contributed by atoms with Gasteiger partial charge in [0, 0.05) is 6.54 Å². The molecule has 1 fully saturated rings. The van der Waals surface area contributed by atoms with Gasteiger partial charge in [-0.3, -0.25) is 4.79 Å². The summed E-state index contributed by atoms with van der Waals surface area (Å²) in [6.45, 7) is 2.92. The first-order valence-corrected chi connectivity index (χ1v) is 6.80. The van der Waals surface area contributed by atoms with Crippen molar-refractivity contribution in [3.63, 3.8) is 0 Å². The molecule has 1 saturated heterocycles. The second kappa shape index (κ2) is 5.75. The zero-order chi connectivity index (χ0) is 12.3. The topological polar surface area (TPSA) is 58.1 Å². The van der Waals surface area contributed by atoms with Gasteiger partial charge in [-0.05, 0) is 50.5 Å². The number of carbonyl (C=O) groups is 1. The van der Waals surface area contributed by atoms with E-state index in [2.05, 4.69) is 27.5 Å². The Morgan fingerprint density at radius 2 is 2.24 bits per heavy atom. The van der Waals surface area contributed by atoms with Crippen LogP contribution in [0.2, 0.25) is 4.47 Å². The number of aromatic nitrogens is 2. The first-order chi connectivity index (χ1) is 8.15. The number of nitrogens with zero attached hydrogens (tertiary/aromatic N) is 3. The van der Waals surface area contributed by atoms with Gasteiger partial charge in [0.2, 0.25) is 9.47 Å². The molecule has 1 amide bonds. The second-order valence-corrected chi connectivity index (χ2v) is 5.88. The maximum absolute atomic E-state index is 11.7. The van der Waals surface area contributed by atoms with Gasteiger partial charge in [-0.2, -0.15) is 0 Å². The van der Waals surface area contributed by atoms with Crippen LogP contribution in [0.15, 0.2) is 0 Å². The zero-order valence-electron chi connectivity index (χ0n) is 9.65. The lowest BCUT2D eigenvalue weighted by Crippen LogP contribution is -2.36. The van der Waals surface area contributed by atoms with Crippen molar-refractivity contribution in [3.05, 3.63) is 9.47 Å². The summed E-state index contributed by atoms with van der Waals surface area (Å²) in [6, 6.07) is 0. The number of piperidine rings is 1. The van der Waals surface area contributed by atoms with E-state index < -0.39 is 0 Å². The molecule has 0 unspecified atom stereocenters. The van der Waals surface area contributed by atoms with Crippen molar-refractivity contribution >= 4 is 28.8 Å². The molecule has 1 N–H and O–H groups in total. The van der Waals surface area contributed by atoms with Gasteiger partial charge in [-0.1, -0.05) is 11.3 Å². The number of hydrogen-bond acceptors (Lipinski definition) is 5. The summed E-state index contributed by atoms with van der Waals surface area (Å²) in [5.74, 6) is 0.395. The van der Waals surface area contributed by atoms with Crippen molar-refractivity contribution in [1.82, 2.24) is 20.4 Å². The largest absolute Gasteiger partial charge is 0.350 e. The molecule has 0 radical (unpaired) electrons. The minimum atomic E-state index is -0.173. The van der Waals surface area contributed by atoms with Gasteiger partial charge in [0.1, 0.15) is 0 Å². The quantitative estimate of drug-likeness (QED) is 0.902. The average molecular weight is 275 g/mol. The number of rotatable bonds is 3. The van der Waals surface area contributed by atoms with Crippen LogP contribution in [0.25, 0.3) is 0 Å². The standard InChI is InChI=1S/C10H15ClN4OS/c1-15-4-2-7(3-5-15)6-12-8(16)9-13-14-10(11)17-9/h7H,2-6H2,1H3,(H,12,16). The maximum Gasteiger partial charge on any atom is 0.282 e. The molecular weight excluding hydrogens is 260 g/mol. The van der Waals surface area contributed by atoms with E-state index in [1.54, 1.807) is 0 Å². The van der Waals surface area contributed by atoms with Gasteiger partial charge >= 0.3 is 0 Å². The lowest BCUT2D eigenvalue weighted by atomic mass is 9.97. The highest BCUT2D eigenvalue weighted by atomic mass is 35.5. The molecule has 0 spiro atoms. The van der Waals surface area contributed by atoms with Crippen molar-refractivity contribution in [3.8, 4) is 0 Å². The molecule has 0 atom stereocenters. The first kappa shape index (κ1) is 12.7. The van der Waals surface area contributed by atoms with Gasteiger partial charge < -0.3 is 10.2 Å². The Hall–Kier alpha value is -0.720. The van der Waals surface area contributed by atoms with Crippen LogP contribution in [0.5, 0.6) is 0 Å². The summed E-state index contributed by atoms with van der Waals surface area (Å²) in [4.78, 5) is 14.0. The van der Waals surface area contributed by atoms with E-state index in [9.17, 15) is 4.79 Å². The molecule has 0 bridgehead atoms. The molecule has 1 aliphatic heterocycles. The average Bonchev–Trinajstić information content (AvgIpc) is 2.75. The highest BCUT2D eigenvalue weighted by Gasteiger charge is 2.18. The van der Waals surface area contributed by atoms with E-state index in [0.717, 1.165) is 37.3 Å². The molecule has 17 heavy (non-hydrogen) atoms. The molecule has 2 heterocycles. The van der Waals surface area contributed by atoms with Gasteiger partial charge in [0.05, 0.1) is 0 Å². The second-order valence-electron chi connectivity index (χ2n) is 4.32. The summed E-state index contributed by atoms with van der Waals surface area (Å²) < 4.78 is 0.300. The first-order valence-electron chi connectivity index (χ1n) is 5.61. The predicted octanol–water partition coefficient (Wildman–Crippen LogP) is 1.26. The third-order valence-electron chi connectivity index (χ3n) is 2.98. The molecule has 5 nitrogen and oxygen atoms in total. The van der Waals surface area contributed by atoms with Crippen molar-refractivity contribution in [2.75, 3.05) is 26.7 Å². The Kier molecular flexibility index (Phi) is 4.31. The van der Waals surface area contributed by atoms with Crippen LogP contribution in [-0.4, -0.2) is 47.7 Å². The van der Waals surface area contributed by atoms with Crippen LogP contribution in [0.4, 0.5) is 0 Å². The lowest BCUT2D eigenvalue weighted by molar-refractivity contribution is 0.0938. The van der Waals surface area contributed by atoms with Gasteiger partial charge in [-0.15, -0.1) is 10.2 Å². The van der Waals surface area contributed by atoms with Crippen molar-refractivity contribution in [2.24, 2.45) is 5.92 Å². The molecule has 0 aromatic carbocycles. The van der Waals surface area contributed by atoms with Gasteiger partial charge in [0.15, 0.2) is 0 Å². The minimum absolute atomic E-state index is 0.173. The van der Waals surface area contributed by atoms with Crippen molar-refractivity contribution in [2.45, 2.75) is 12.8 Å². The fourth-order valence-electron chi connectivity index (χ4n) is 1.88. The third-order valence-corrected chi connectivity index (χ3v) is 4.00. The van der Waals surface area contributed by atoms with Crippen molar-refractivity contribution in [1.29, 1.82) is 0 Å². The molecule has 1 aromatic heterocycles. The fraction of sp³-hybridized carbons (Fsp3) is 0.700. The smallest absolute Gasteiger partial charge is 0.282 e. The van der Waals surface area contributed by atoms with Crippen LogP contribution < -0.4 is 5.32 Å². The number of likely N-dealkylation sites (tertiary alicyclic amines) is 1. The lowest BCUT2D eigenvalue weighted by Gasteiger charge is -2.28. The summed E-state index contributed by atoms with van der Waals surface area (Å²) in [5.41, 5.74) is 0. The van der Waals surface area contributed by atoms with Crippen LogP contribution in [-0.2, 0) is 0 Å². The summed E-state index contributed by atoms with van der Waals surface area (Å²) in [5, 5.41) is 10.5. The Morgan fingerprint density at radius 3 is 2.82 bits per heavy atom. The van der Waals surface area contributed by atoms with E-state index in [4.69, 9.17) is 11.6 Å². The van der Waals surface area contributed by atoms with E-state index in [-0.39, 0.29) is 5.91 Å². The van der Waals surface area contributed by atoms with Gasteiger partial charge in [-0.25, -0.2) is 0 Å². The predicted molar refractivity (Wildman–Crippen MR) is 67.5 cm³/mol. The number of hydrogen-bond donors (Lipinski definition) is 1. The van der Waals surface area contributed by atoms with Crippen molar-refractivity contribution < 1.29 is 4.79 Å². The van der Waals surface area contributed by atoms with Crippen LogP contribution >= 0.6 is 22.9 Å². The normalized spacial score (nSPS) is 18.2. The van der Waals surface area contributed by atoms with Gasteiger partial charge in [0.25, 0.3) is 5.91 Å². The molecule has 7 heteroatoms. The molecule has 0 aliphatic carbocycles. The number of nitrogens with one attached hydrogen (secondary N) is 1. The number of carbonyl (C=O) groups excluding carboxylic acids is 1. The molecule has 1 aliphatic rings. The monoisotopic (exact) mass is 274 g/mol. The van der Waals surface area contributed by atoms with Crippen LogP contribution in [0, 0.1) is 5.92 Å². The number of halogens is 1. The van der Waals surface area contributed by atoms with E-state index in [0.29, 0.717) is 21.9 Å². The fourth-order valence-corrected chi connectivity index (χ4v) is 2.62. The highest BCUT2D eigenvalue weighted by Crippen LogP contribution is 2.16. The minimum Gasteiger partial charge on any atom is -0.350 e. The summed E-state index contributed by atoms with van der Waals surface area (Å²) >= 11 is 6.73. The molecular formula is C10H15ClN4OS. The van der Waals surface area contributed by atoms with E-state index in [1.165, 1.54) is 0 Å². The van der Waals surface area contributed by atoms with Crippen LogP contribution in [0.3, 0.4) is 0 Å². The third kappa shape index (κ3) is 3.62. The molecule has 2 rings (SSSR count). The van der Waals surface area contributed by atoms with E-state index in [1.807, 2.05) is 0 Å². The highest BCUT2D eigenvalue weighted by molar-refractivity contribution is 7.17. The Labute approximate surface area is 109 Å². The van der Waals surface area contributed by atoms with E-state index >= 15 is 0 Å². The maximum atomic E-state index is 11.7. The Bertz CT molecular complexity index is 389. The SMILES string of the molecule is CN1CCC(CNC(=O)c2nnc(Cl)s2)CC1. The zero-order valence-corrected chi connectivity index (χ0v) is 11.2. The molecule has 94 valence electrons.